The van der Waals surface area contributed by atoms with Gasteiger partial charge in [0.2, 0.25) is 5.91 Å². The molecule has 1 aliphatic heterocycles. The molecule has 2 heterocycles. The van der Waals surface area contributed by atoms with E-state index in [1.165, 1.54) is 23.2 Å². The lowest BCUT2D eigenvalue weighted by Gasteiger charge is -2.21. The van der Waals surface area contributed by atoms with Crippen molar-refractivity contribution in [3.63, 3.8) is 0 Å². The van der Waals surface area contributed by atoms with Crippen molar-refractivity contribution < 1.29 is 23.9 Å². The van der Waals surface area contributed by atoms with Crippen molar-refractivity contribution in [3.8, 4) is 5.75 Å². The first-order chi connectivity index (χ1) is 15.4. The summed E-state index contributed by atoms with van der Waals surface area (Å²) in [6, 6.07) is 13.0. The predicted octanol–water partition coefficient (Wildman–Crippen LogP) is 3.15. The number of rotatable bonds is 7. The van der Waals surface area contributed by atoms with Crippen molar-refractivity contribution in [2.75, 3.05) is 19.0 Å². The van der Waals surface area contributed by atoms with E-state index in [2.05, 4.69) is 10.3 Å². The minimum absolute atomic E-state index is 0.0125. The Bertz CT molecular complexity index is 1140. The fourth-order valence-electron chi connectivity index (χ4n) is 3.45. The number of benzene rings is 2. The Morgan fingerprint density at radius 1 is 1.22 bits per heavy atom. The molecule has 1 N–H and O–H groups in total. The fourth-order valence-corrected chi connectivity index (χ4v) is 4.47. The molecule has 2 aromatic carbocycles. The first-order valence-electron chi connectivity index (χ1n) is 10.2. The maximum atomic E-state index is 12.6. The summed E-state index contributed by atoms with van der Waals surface area (Å²) in [5.41, 5.74) is 2.61. The van der Waals surface area contributed by atoms with E-state index in [1.54, 1.807) is 25.2 Å². The summed E-state index contributed by atoms with van der Waals surface area (Å²) in [5.74, 6) is -0.460. The monoisotopic (exact) mass is 453 g/mol. The van der Waals surface area contributed by atoms with E-state index in [9.17, 15) is 14.4 Å². The molecule has 166 valence electrons. The Morgan fingerprint density at radius 3 is 2.84 bits per heavy atom. The number of anilines is 1. The second kappa shape index (κ2) is 9.35. The summed E-state index contributed by atoms with van der Waals surface area (Å²) in [5, 5.41) is 3.61. The molecule has 0 spiro atoms. The molecule has 0 bridgehead atoms. The van der Waals surface area contributed by atoms with Gasteiger partial charge >= 0.3 is 5.97 Å². The van der Waals surface area contributed by atoms with Crippen LogP contribution in [0.15, 0.2) is 42.5 Å². The van der Waals surface area contributed by atoms with Gasteiger partial charge in [-0.3, -0.25) is 9.59 Å². The zero-order valence-electron chi connectivity index (χ0n) is 17.8. The Kier molecular flexibility index (Phi) is 6.36. The number of likely N-dealkylation sites (N-methyl/N-ethyl adjacent to an activating group) is 1. The van der Waals surface area contributed by atoms with E-state index >= 15 is 0 Å². The summed E-state index contributed by atoms with van der Waals surface area (Å²) in [7, 11) is 1.65. The normalized spacial score (nSPS) is 13.8. The number of ether oxygens (including phenoxy) is 2. The zero-order valence-corrected chi connectivity index (χ0v) is 18.6. The Morgan fingerprint density at radius 2 is 2.03 bits per heavy atom. The van der Waals surface area contributed by atoms with Gasteiger partial charge in [-0.2, -0.15) is 0 Å². The number of nitrogens with one attached hydrogen (secondary N) is 1. The summed E-state index contributed by atoms with van der Waals surface area (Å²) in [6.45, 7) is 1.56. The zero-order chi connectivity index (χ0) is 22.7. The fraction of sp³-hybridized carbons (Fsp3) is 0.304. The third kappa shape index (κ3) is 5.05. The number of para-hydroxylation sites is 1. The molecule has 32 heavy (non-hydrogen) atoms. The maximum Gasteiger partial charge on any atom is 0.344 e. The largest absolute Gasteiger partial charge is 0.482 e. The number of thiazole rings is 1. The second-order valence-corrected chi connectivity index (χ2v) is 8.67. The molecule has 0 aliphatic carbocycles. The topological polar surface area (TPSA) is 97.8 Å². The van der Waals surface area contributed by atoms with Crippen LogP contribution in [-0.2, 0) is 32.1 Å². The number of amides is 2. The highest BCUT2D eigenvalue weighted by Crippen LogP contribution is 2.27. The minimum Gasteiger partial charge on any atom is -0.482 e. The van der Waals surface area contributed by atoms with E-state index in [1.807, 2.05) is 24.3 Å². The van der Waals surface area contributed by atoms with Gasteiger partial charge in [0.25, 0.3) is 5.91 Å². The third-order valence-electron chi connectivity index (χ3n) is 5.07. The Hall–Kier alpha value is -3.46. The lowest BCUT2D eigenvalue weighted by molar-refractivity contribution is -0.160. The number of esters is 1. The standard InChI is InChI=1S/C23H23N3O5S/c1-14(23(29)26(2)12-21-25-18-5-3-4-6-19(18)32-21)31-22(28)13-30-16-8-9-17-15(11-16)7-10-20(27)24-17/h3-6,8-9,11,14H,7,10,12-13H2,1-2H3,(H,24,27). The molecule has 0 saturated heterocycles. The number of hydrogen-bond acceptors (Lipinski definition) is 7. The number of nitrogens with zero attached hydrogens (tertiary/aromatic N) is 2. The maximum absolute atomic E-state index is 12.6. The second-order valence-electron chi connectivity index (χ2n) is 7.56. The highest BCUT2D eigenvalue weighted by atomic mass is 32.1. The number of carbonyl (C=O) groups excluding carboxylic acids is 3. The van der Waals surface area contributed by atoms with Gasteiger partial charge in [-0.15, -0.1) is 11.3 Å². The van der Waals surface area contributed by atoms with E-state index < -0.39 is 12.1 Å². The lowest BCUT2D eigenvalue weighted by Crippen LogP contribution is -2.37. The van der Waals surface area contributed by atoms with Crippen LogP contribution in [0, 0.1) is 0 Å². The lowest BCUT2D eigenvalue weighted by atomic mass is 10.0. The van der Waals surface area contributed by atoms with Gasteiger partial charge < -0.3 is 19.7 Å². The quantitative estimate of drug-likeness (QED) is 0.552. The van der Waals surface area contributed by atoms with Crippen molar-refractivity contribution in [1.29, 1.82) is 0 Å². The highest BCUT2D eigenvalue weighted by molar-refractivity contribution is 7.18. The summed E-state index contributed by atoms with van der Waals surface area (Å²) in [6.07, 6.45) is 0.0991. The van der Waals surface area contributed by atoms with Gasteiger partial charge in [-0.05, 0) is 49.2 Å². The van der Waals surface area contributed by atoms with Gasteiger partial charge in [-0.1, -0.05) is 12.1 Å². The van der Waals surface area contributed by atoms with Crippen LogP contribution < -0.4 is 10.1 Å². The van der Waals surface area contributed by atoms with Gasteiger partial charge in [0.1, 0.15) is 10.8 Å². The van der Waals surface area contributed by atoms with Crippen LogP contribution in [0.2, 0.25) is 0 Å². The van der Waals surface area contributed by atoms with E-state index in [-0.39, 0.29) is 18.4 Å². The van der Waals surface area contributed by atoms with Crippen molar-refractivity contribution in [2.45, 2.75) is 32.4 Å². The van der Waals surface area contributed by atoms with Crippen LogP contribution in [0.25, 0.3) is 10.2 Å². The Labute approximate surface area is 189 Å². The Balaban J connectivity index is 1.27. The number of aromatic nitrogens is 1. The van der Waals surface area contributed by atoms with Crippen molar-refractivity contribution in [3.05, 3.63) is 53.0 Å². The highest BCUT2D eigenvalue weighted by Gasteiger charge is 2.23. The van der Waals surface area contributed by atoms with Crippen molar-refractivity contribution in [2.24, 2.45) is 0 Å². The van der Waals surface area contributed by atoms with E-state index in [0.717, 1.165) is 26.5 Å². The minimum atomic E-state index is -0.941. The molecule has 0 saturated carbocycles. The summed E-state index contributed by atoms with van der Waals surface area (Å²) < 4.78 is 11.8. The average molecular weight is 454 g/mol. The number of fused-ring (bicyclic) bond motifs is 2. The van der Waals surface area contributed by atoms with Crippen LogP contribution in [0.4, 0.5) is 5.69 Å². The van der Waals surface area contributed by atoms with Gasteiger partial charge in [0.15, 0.2) is 12.7 Å². The van der Waals surface area contributed by atoms with Crippen LogP contribution in [0.5, 0.6) is 5.75 Å². The molecule has 0 radical (unpaired) electrons. The van der Waals surface area contributed by atoms with Crippen LogP contribution in [0.1, 0.15) is 23.9 Å². The van der Waals surface area contributed by atoms with Gasteiger partial charge in [0, 0.05) is 19.2 Å². The molecular weight excluding hydrogens is 430 g/mol. The number of carbonyl (C=O) groups is 3. The average Bonchev–Trinajstić information content (AvgIpc) is 3.19. The summed E-state index contributed by atoms with van der Waals surface area (Å²) >= 11 is 1.53. The molecule has 0 fully saturated rings. The van der Waals surface area contributed by atoms with Crippen molar-refractivity contribution >= 4 is 45.0 Å². The van der Waals surface area contributed by atoms with Crippen LogP contribution >= 0.6 is 11.3 Å². The molecule has 9 heteroatoms. The number of hydrogen-bond donors (Lipinski definition) is 1. The van der Waals surface area contributed by atoms with Crippen LogP contribution in [0.3, 0.4) is 0 Å². The van der Waals surface area contributed by atoms with Crippen LogP contribution in [-0.4, -0.2) is 47.4 Å². The van der Waals surface area contributed by atoms with Gasteiger partial charge in [-0.25, -0.2) is 9.78 Å². The third-order valence-corrected chi connectivity index (χ3v) is 6.09. The molecule has 1 atom stereocenters. The molecule has 1 aliphatic rings. The predicted molar refractivity (Wildman–Crippen MR) is 121 cm³/mol. The molecular formula is C23H23N3O5S. The molecule has 3 aromatic rings. The van der Waals surface area contributed by atoms with E-state index in [0.29, 0.717) is 25.1 Å². The van der Waals surface area contributed by atoms with E-state index in [4.69, 9.17) is 9.47 Å². The smallest absolute Gasteiger partial charge is 0.344 e. The molecule has 8 nitrogen and oxygen atoms in total. The molecule has 2 amide bonds. The number of aryl methyl sites for hydroxylation is 1. The molecule has 1 unspecified atom stereocenters. The van der Waals surface area contributed by atoms with Gasteiger partial charge in [0.05, 0.1) is 16.8 Å². The molecule has 4 rings (SSSR count). The van der Waals surface area contributed by atoms with Crippen molar-refractivity contribution in [1.82, 2.24) is 9.88 Å². The first kappa shape index (κ1) is 21.8. The first-order valence-corrected chi connectivity index (χ1v) is 11.0. The summed E-state index contributed by atoms with van der Waals surface area (Å²) in [4.78, 5) is 42.2. The molecule has 1 aromatic heterocycles. The SMILES string of the molecule is CC(OC(=O)COc1ccc2c(c1)CCC(=O)N2)C(=O)N(C)Cc1nc2ccccc2s1.